The normalized spacial score (nSPS) is 24.7. The minimum Gasteiger partial charge on any atom is -0.481 e. The summed E-state index contributed by atoms with van der Waals surface area (Å²) in [7, 11) is 1.64. The van der Waals surface area contributed by atoms with Gasteiger partial charge >= 0.3 is 0 Å². The summed E-state index contributed by atoms with van der Waals surface area (Å²) in [4.78, 5) is 4.27. The van der Waals surface area contributed by atoms with Crippen molar-refractivity contribution in [3.8, 4) is 5.88 Å². The molecule has 0 saturated heterocycles. The Labute approximate surface area is 132 Å². The Bertz CT molecular complexity index is 582. The van der Waals surface area contributed by atoms with E-state index < -0.39 is 0 Å². The molecule has 0 bridgehead atoms. The number of ether oxygens (including phenoxy) is 1. The molecule has 22 heavy (non-hydrogen) atoms. The summed E-state index contributed by atoms with van der Waals surface area (Å²) in [6, 6.07) is 15.3. The zero-order valence-corrected chi connectivity index (χ0v) is 13.3. The van der Waals surface area contributed by atoms with Crippen LogP contribution in [-0.2, 0) is 0 Å². The molecule has 0 spiro atoms. The molecule has 116 valence electrons. The van der Waals surface area contributed by atoms with Crippen LogP contribution in [-0.4, -0.2) is 18.1 Å². The lowest BCUT2D eigenvalue weighted by atomic mass is 9.76. The molecule has 3 unspecified atom stereocenters. The van der Waals surface area contributed by atoms with Crippen molar-refractivity contribution in [2.24, 2.45) is 5.92 Å². The quantitative estimate of drug-likeness (QED) is 0.903. The van der Waals surface area contributed by atoms with Gasteiger partial charge in [0.2, 0.25) is 5.88 Å². The van der Waals surface area contributed by atoms with Crippen molar-refractivity contribution in [1.82, 2.24) is 4.98 Å². The summed E-state index contributed by atoms with van der Waals surface area (Å²) in [5.41, 5.74) is 2.54. The highest BCUT2D eigenvalue weighted by atomic mass is 16.5. The number of benzene rings is 1. The first-order valence-electron chi connectivity index (χ1n) is 8.06. The Morgan fingerprint density at radius 3 is 2.55 bits per heavy atom. The predicted molar refractivity (Wildman–Crippen MR) is 90.4 cm³/mol. The van der Waals surface area contributed by atoms with Crippen LogP contribution in [0.1, 0.15) is 37.7 Å². The van der Waals surface area contributed by atoms with Crippen LogP contribution in [0.25, 0.3) is 0 Å². The fourth-order valence-corrected chi connectivity index (χ4v) is 3.54. The van der Waals surface area contributed by atoms with Gasteiger partial charge in [-0.1, -0.05) is 37.3 Å². The lowest BCUT2D eigenvalue weighted by Crippen LogP contribution is -2.30. The maximum atomic E-state index is 5.11. The molecule has 1 heterocycles. The minimum atomic E-state index is 0.504. The van der Waals surface area contributed by atoms with E-state index in [9.17, 15) is 0 Å². The molecule has 1 aromatic carbocycles. The van der Waals surface area contributed by atoms with Crippen molar-refractivity contribution in [3.63, 3.8) is 0 Å². The Balaban J connectivity index is 1.68. The second-order valence-corrected chi connectivity index (χ2v) is 6.35. The molecule has 1 N–H and O–H groups in total. The summed E-state index contributed by atoms with van der Waals surface area (Å²) >= 11 is 0. The zero-order chi connectivity index (χ0) is 15.4. The molecule has 3 rings (SSSR count). The molecule has 3 heteroatoms. The van der Waals surface area contributed by atoms with Crippen LogP contribution in [0.4, 0.5) is 5.69 Å². The number of nitrogens with zero attached hydrogens (tertiary/aromatic N) is 1. The van der Waals surface area contributed by atoms with Gasteiger partial charge < -0.3 is 10.1 Å². The highest BCUT2D eigenvalue weighted by molar-refractivity contribution is 5.43. The molecule has 3 nitrogen and oxygen atoms in total. The molecule has 1 aromatic heterocycles. The Hall–Kier alpha value is -2.03. The summed E-state index contributed by atoms with van der Waals surface area (Å²) in [5, 5.41) is 3.64. The van der Waals surface area contributed by atoms with Gasteiger partial charge in [0.25, 0.3) is 0 Å². The van der Waals surface area contributed by atoms with Crippen molar-refractivity contribution in [2.75, 3.05) is 12.4 Å². The Kier molecular flexibility index (Phi) is 4.62. The van der Waals surface area contributed by atoms with E-state index in [1.807, 2.05) is 18.3 Å². The third-order valence-corrected chi connectivity index (χ3v) is 4.53. The van der Waals surface area contributed by atoms with Gasteiger partial charge in [0.15, 0.2) is 0 Å². The van der Waals surface area contributed by atoms with E-state index in [-0.39, 0.29) is 0 Å². The fourth-order valence-electron chi connectivity index (χ4n) is 3.54. The molecular weight excluding hydrogens is 272 g/mol. The fraction of sp³-hybridized carbons (Fsp3) is 0.421. The number of rotatable bonds is 4. The van der Waals surface area contributed by atoms with Crippen molar-refractivity contribution >= 4 is 5.69 Å². The summed E-state index contributed by atoms with van der Waals surface area (Å²) in [6.07, 6.45) is 5.54. The van der Waals surface area contributed by atoms with Crippen LogP contribution >= 0.6 is 0 Å². The average molecular weight is 296 g/mol. The average Bonchev–Trinajstić information content (AvgIpc) is 2.56. The van der Waals surface area contributed by atoms with Crippen LogP contribution in [0.15, 0.2) is 48.7 Å². The second-order valence-electron chi connectivity index (χ2n) is 6.35. The maximum absolute atomic E-state index is 5.11. The Morgan fingerprint density at radius 1 is 1.05 bits per heavy atom. The summed E-state index contributed by atoms with van der Waals surface area (Å²) in [5.74, 6) is 2.04. The monoisotopic (exact) mass is 296 g/mol. The standard InChI is InChI=1S/C19H24N2O/c1-14-10-16(15-6-4-3-5-7-15)12-18(11-14)21-17-8-9-19(22-2)20-13-17/h3-9,13-14,16,18,21H,10-12H2,1-2H3. The third kappa shape index (κ3) is 3.59. The second kappa shape index (κ2) is 6.82. The molecular formula is C19H24N2O. The van der Waals surface area contributed by atoms with Crippen molar-refractivity contribution in [3.05, 3.63) is 54.2 Å². The molecule has 1 aliphatic carbocycles. The number of methoxy groups -OCH3 is 1. The number of hydrogen-bond acceptors (Lipinski definition) is 3. The lowest BCUT2D eigenvalue weighted by Gasteiger charge is -2.34. The first-order valence-corrected chi connectivity index (χ1v) is 8.06. The van der Waals surface area contributed by atoms with Gasteiger partial charge in [0.05, 0.1) is 19.0 Å². The van der Waals surface area contributed by atoms with E-state index in [0.717, 1.165) is 11.6 Å². The maximum Gasteiger partial charge on any atom is 0.213 e. The Morgan fingerprint density at radius 2 is 1.86 bits per heavy atom. The van der Waals surface area contributed by atoms with Gasteiger partial charge in [-0.15, -0.1) is 0 Å². The van der Waals surface area contributed by atoms with Gasteiger partial charge in [-0.25, -0.2) is 4.98 Å². The molecule has 0 amide bonds. The van der Waals surface area contributed by atoms with E-state index in [1.54, 1.807) is 7.11 Å². The van der Waals surface area contributed by atoms with Gasteiger partial charge in [0.1, 0.15) is 0 Å². The first kappa shape index (κ1) is 14.9. The molecule has 0 radical (unpaired) electrons. The van der Waals surface area contributed by atoms with E-state index >= 15 is 0 Å². The SMILES string of the molecule is COc1ccc(NC2CC(C)CC(c3ccccc3)C2)cn1. The van der Waals surface area contributed by atoms with E-state index in [1.165, 1.54) is 24.8 Å². The van der Waals surface area contributed by atoms with Gasteiger partial charge in [-0.3, -0.25) is 0 Å². The molecule has 1 fully saturated rings. The summed E-state index contributed by atoms with van der Waals surface area (Å²) in [6.45, 7) is 2.36. The molecule has 1 aliphatic rings. The summed E-state index contributed by atoms with van der Waals surface area (Å²) < 4.78 is 5.11. The van der Waals surface area contributed by atoms with Gasteiger partial charge in [-0.2, -0.15) is 0 Å². The van der Waals surface area contributed by atoms with Gasteiger partial charge in [0, 0.05) is 12.1 Å². The highest BCUT2D eigenvalue weighted by Crippen LogP contribution is 2.37. The molecule has 2 aromatic rings. The zero-order valence-electron chi connectivity index (χ0n) is 13.3. The third-order valence-electron chi connectivity index (χ3n) is 4.53. The van der Waals surface area contributed by atoms with E-state index in [4.69, 9.17) is 4.74 Å². The molecule has 1 saturated carbocycles. The van der Waals surface area contributed by atoms with Crippen LogP contribution in [0.3, 0.4) is 0 Å². The highest BCUT2D eigenvalue weighted by Gasteiger charge is 2.27. The topological polar surface area (TPSA) is 34.1 Å². The number of aromatic nitrogens is 1. The van der Waals surface area contributed by atoms with Crippen LogP contribution in [0.2, 0.25) is 0 Å². The van der Waals surface area contributed by atoms with E-state index in [2.05, 4.69) is 47.6 Å². The largest absolute Gasteiger partial charge is 0.481 e. The first-order chi connectivity index (χ1) is 10.7. The number of anilines is 1. The number of hydrogen-bond donors (Lipinski definition) is 1. The number of nitrogens with one attached hydrogen (secondary N) is 1. The van der Waals surface area contributed by atoms with Gasteiger partial charge in [-0.05, 0) is 42.7 Å². The lowest BCUT2D eigenvalue weighted by molar-refractivity contribution is 0.320. The minimum absolute atomic E-state index is 0.504. The van der Waals surface area contributed by atoms with Crippen molar-refractivity contribution in [2.45, 2.75) is 38.1 Å². The molecule has 3 atom stereocenters. The molecule has 0 aliphatic heterocycles. The van der Waals surface area contributed by atoms with Crippen molar-refractivity contribution < 1.29 is 4.74 Å². The van der Waals surface area contributed by atoms with Crippen LogP contribution in [0.5, 0.6) is 5.88 Å². The van der Waals surface area contributed by atoms with Crippen LogP contribution < -0.4 is 10.1 Å². The van der Waals surface area contributed by atoms with Crippen molar-refractivity contribution in [1.29, 1.82) is 0 Å². The number of pyridine rings is 1. The smallest absolute Gasteiger partial charge is 0.213 e. The van der Waals surface area contributed by atoms with E-state index in [0.29, 0.717) is 17.8 Å². The van der Waals surface area contributed by atoms with Crippen LogP contribution in [0, 0.1) is 5.92 Å². The predicted octanol–water partition coefficient (Wildman–Crippen LogP) is 4.47.